The number of aliphatic hydroxyl groups is 1. The summed E-state index contributed by atoms with van der Waals surface area (Å²) in [6.07, 6.45) is 3.02. The molecule has 0 aliphatic carbocycles. The maximum Gasteiger partial charge on any atom is 0.296 e. The Hall–Kier alpha value is -3.16. The summed E-state index contributed by atoms with van der Waals surface area (Å²) in [6, 6.07) is 19.9. The second-order valence-corrected chi connectivity index (χ2v) is 9.64. The van der Waals surface area contributed by atoms with Gasteiger partial charge in [0.15, 0.2) is 0 Å². The van der Waals surface area contributed by atoms with E-state index in [1.54, 1.807) is 41.3 Å². The van der Waals surface area contributed by atoms with Crippen LogP contribution in [0, 0.1) is 0 Å². The van der Waals surface area contributed by atoms with Crippen molar-refractivity contribution in [2.75, 3.05) is 13.1 Å². The molecule has 2 aliphatic heterocycles. The Morgan fingerprint density at radius 2 is 1.68 bits per heavy atom. The predicted octanol–water partition coefficient (Wildman–Crippen LogP) is 5.13. The summed E-state index contributed by atoms with van der Waals surface area (Å²) in [5.41, 5.74) is 1.82. The molecule has 7 heteroatoms. The molecule has 0 saturated carbocycles. The van der Waals surface area contributed by atoms with E-state index in [-0.39, 0.29) is 17.4 Å². The van der Waals surface area contributed by atoms with Crippen molar-refractivity contribution in [3.05, 3.63) is 99.9 Å². The number of ketones is 1. The number of carbonyl (C=O) groups excluding carboxylic acids is 2. The van der Waals surface area contributed by atoms with E-state index in [4.69, 9.17) is 4.42 Å². The van der Waals surface area contributed by atoms with Gasteiger partial charge in [-0.15, -0.1) is 0 Å². The molecule has 0 spiro atoms. The highest BCUT2D eigenvalue weighted by atomic mass is 79.9. The third-order valence-electron chi connectivity index (χ3n) is 6.61. The number of carbonyl (C=O) groups is 2. The van der Waals surface area contributed by atoms with Gasteiger partial charge in [0.1, 0.15) is 17.6 Å². The van der Waals surface area contributed by atoms with Crippen LogP contribution in [0.5, 0.6) is 0 Å². The Morgan fingerprint density at radius 1 is 0.971 bits per heavy atom. The quantitative estimate of drug-likeness (QED) is 0.287. The number of hydrogen-bond donors (Lipinski definition) is 1. The molecule has 1 aromatic heterocycles. The first kappa shape index (κ1) is 22.6. The molecule has 0 bridgehead atoms. The van der Waals surface area contributed by atoms with Crippen LogP contribution in [0.25, 0.3) is 5.76 Å². The van der Waals surface area contributed by atoms with E-state index in [1.807, 2.05) is 18.2 Å². The van der Waals surface area contributed by atoms with E-state index < -0.39 is 17.7 Å². The summed E-state index contributed by atoms with van der Waals surface area (Å²) in [7, 11) is 0. The predicted molar refractivity (Wildman–Crippen MR) is 132 cm³/mol. The maximum absolute atomic E-state index is 13.3. The number of piperidine rings is 1. The van der Waals surface area contributed by atoms with E-state index in [1.165, 1.54) is 11.8 Å². The molecule has 2 saturated heterocycles. The van der Waals surface area contributed by atoms with Crippen LogP contribution >= 0.6 is 15.9 Å². The largest absolute Gasteiger partial charge is 0.507 e. The highest BCUT2D eigenvalue weighted by Crippen LogP contribution is 2.42. The number of hydrogen-bond acceptors (Lipinski definition) is 5. The number of benzene rings is 2. The number of likely N-dealkylation sites (tertiary alicyclic amines) is 2. The lowest BCUT2D eigenvalue weighted by Crippen LogP contribution is -2.46. The Morgan fingerprint density at radius 3 is 2.32 bits per heavy atom. The first-order chi connectivity index (χ1) is 16.5. The number of amides is 1. The second kappa shape index (κ2) is 9.60. The molecule has 2 fully saturated rings. The van der Waals surface area contributed by atoms with Crippen LogP contribution in [0.15, 0.2) is 87.5 Å². The number of nitrogens with zero attached hydrogens (tertiary/aromatic N) is 2. The minimum Gasteiger partial charge on any atom is -0.507 e. The van der Waals surface area contributed by atoms with Crippen molar-refractivity contribution >= 4 is 33.4 Å². The topological polar surface area (TPSA) is 74.0 Å². The summed E-state index contributed by atoms with van der Waals surface area (Å²) in [4.78, 5) is 30.4. The maximum atomic E-state index is 13.3. The summed E-state index contributed by atoms with van der Waals surface area (Å²) in [5.74, 6) is -0.962. The first-order valence-electron chi connectivity index (χ1n) is 11.4. The summed E-state index contributed by atoms with van der Waals surface area (Å²) in [5, 5.41) is 11.1. The molecule has 3 heterocycles. The minimum absolute atomic E-state index is 0.0778. The molecule has 2 aliphatic rings. The third-order valence-corrected chi connectivity index (χ3v) is 7.14. The molecule has 1 N–H and O–H groups in total. The van der Waals surface area contributed by atoms with Crippen LogP contribution in [0.3, 0.4) is 0 Å². The highest BCUT2D eigenvalue weighted by molar-refractivity contribution is 9.10. The zero-order valence-corrected chi connectivity index (χ0v) is 20.1. The van der Waals surface area contributed by atoms with Gasteiger partial charge < -0.3 is 14.4 Å². The van der Waals surface area contributed by atoms with Crippen LogP contribution in [-0.4, -0.2) is 45.7 Å². The van der Waals surface area contributed by atoms with Gasteiger partial charge in [-0.2, -0.15) is 0 Å². The van der Waals surface area contributed by atoms with Crippen molar-refractivity contribution in [3.8, 4) is 0 Å². The average molecular weight is 521 g/mol. The Labute approximate surface area is 206 Å². The molecular formula is C27H25BrN2O4. The normalized spacial score (nSPS) is 21.3. The first-order valence-corrected chi connectivity index (χ1v) is 12.2. The van der Waals surface area contributed by atoms with Crippen LogP contribution in [0.1, 0.15) is 35.8 Å². The van der Waals surface area contributed by atoms with Crippen molar-refractivity contribution < 1.29 is 19.1 Å². The summed E-state index contributed by atoms with van der Waals surface area (Å²) < 4.78 is 6.52. The Kier molecular flexibility index (Phi) is 6.39. The van der Waals surface area contributed by atoms with E-state index >= 15 is 0 Å². The van der Waals surface area contributed by atoms with Gasteiger partial charge in [0.2, 0.25) is 0 Å². The SMILES string of the molecule is O=C1C(=O)N(C2CCN(Cc3ccccc3)CC2)C(c2ccco2)/C1=C(/O)c1ccc(Br)cc1. The molecule has 3 aromatic rings. The number of aliphatic hydroxyl groups excluding tert-OH is 1. The van der Waals surface area contributed by atoms with E-state index in [9.17, 15) is 14.7 Å². The third kappa shape index (κ3) is 4.33. The lowest BCUT2D eigenvalue weighted by Gasteiger charge is -2.38. The van der Waals surface area contributed by atoms with Crippen molar-refractivity contribution in [1.82, 2.24) is 9.80 Å². The monoisotopic (exact) mass is 520 g/mol. The van der Waals surface area contributed by atoms with E-state index in [0.717, 1.165) is 36.9 Å². The smallest absolute Gasteiger partial charge is 0.296 e. The molecule has 1 unspecified atom stereocenters. The van der Waals surface area contributed by atoms with Gasteiger partial charge in [-0.3, -0.25) is 14.5 Å². The van der Waals surface area contributed by atoms with Crippen molar-refractivity contribution in [3.63, 3.8) is 0 Å². The van der Waals surface area contributed by atoms with Gasteiger partial charge in [-0.1, -0.05) is 58.4 Å². The van der Waals surface area contributed by atoms with E-state index in [2.05, 4.69) is 33.0 Å². The fourth-order valence-corrected chi connectivity index (χ4v) is 5.18. The molecule has 2 aromatic carbocycles. The highest BCUT2D eigenvalue weighted by Gasteiger charge is 2.50. The molecule has 34 heavy (non-hydrogen) atoms. The standard InChI is InChI=1S/C27H25BrN2O4/c28-20-10-8-19(9-11-20)25(31)23-24(22-7-4-16-34-22)30(27(33)26(23)32)21-12-14-29(15-13-21)17-18-5-2-1-3-6-18/h1-11,16,21,24,31H,12-15,17H2/b25-23-. The molecule has 6 nitrogen and oxygen atoms in total. The molecule has 5 rings (SSSR count). The average Bonchev–Trinajstić information content (AvgIpc) is 3.47. The number of furan rings is 1. The minimum atomic E-state index is -0.746. The van der Waals surface area contributed by atoms with Crippen LogP contribution in [0.4, 0.5) is 0 Å². The lowest BCUT2D eigenvalue weighted by atomic mass is 9.97. The van der Waals surface area contributed by atoms with Crippen molar-refractivity contribution in [1.29, 1.82) is 0 Å². The number of halogens is 1. The number of Topliss-reactive ketones (excluding diaryl/α,β-unsaturated/α-hetero) is 1. The fraction of sp³-hybridized carbons (Fsp3) is 0.259. The van der Waals surface area contributed by atoms with Gasteiger partial charge in [0.25, 0.3) is 11.7 Å². The van der Waals surface area contributed by atoms with Gasteiger partial charge in [-0.25, -0.2) is 0 Å². The fourth-order valence-electron chi connectivity index (χ4n) is 4.91. The molecular weight excluding hydrogens is 496 g/mol. The lowest BCUT2D eigenvalue weighted by molar-refractivity contribution is -0.142. The number of rotatable bonds is 5. The molecule has 174 valence electrons. The van der Waals surface area contributed by atoms with Gasteiger partial charge in [-0.05, 0) is 42.7 Å². The van der Waals surface area contributed by atoms with Gasteiger partial charge >= 0.3 is 0 Å². The molecule has 1 amide bonds. The second-order valence-electron chi connectivity index (χ2n) is 8.72. The van der Waals surface area contributed by atoms with Crippen LogP contribution in [-0.2, 0) is 16.1 Å². The molecule has 0 radical (unpaired) electrons. The van der Waals surface area contributed by atoms with Gasteiger partial charge in [0, 0.05) is 35.7 Å². The zero-order chi connectivity index (χ0) is 23.7. The van der Waals surface area contributed by atoms with Crippen molar-refractivity contribution in [2.45, 2.75) is 31.5 Å². The summed E-state index contributed by atoms with van der Waals surface area (Å²) in [6.45, 7) is 2.50. The van der Waals surface area contributed by atoms with Crippen molar-refractivity contribution in [2.24, 2.45) is 0 Å². The van der Waals surface area contributed by atoms with Crippen LogP contribution in [0.2, 0.25) is 0 Å². The summed E-state index contributed by atoms with van der Waals surface area (Å²) >= 11 is 3.38. The van der Waals surface area contributed by atoms with Crippen LogP contribution < -0.4 is 0 Å². The van der Waals surface area contributed by atoms with E-state index in [0.29, 0.717) is 11.3 Å². The Balaban J connectivity index is 1.43. The van der Waals surface area contributed by atoms with Gasteiger partial charge in [0.05, 0.1) is 11.8 Å². The molecule has 1 atom stereocenters. The zero-order valence-electron chi connectivity index (χ0n) is 18.6. The Bertz CT molecular complexity index is 1200.